The molecular weight excluding hydrogens is 217 g/mol. The molecule has 0 spiro atoms. The summed E-state index contributed by atoms with van der Waals surface area (Å²) in [6.07, 6.45) is 2.10. The van der Waals surface area contributed by atoms with Crippen molar-refractivity contribution in [1.29, 1.82) is 0 Å². The Bertz CT molecular complexity index is 374. The number of hydrogen-bond donors (Lipinski definition) is 1. The van der Waals surface area contributed by atoms with Crippen molar-refractivity contribution in [2.45, 2.75) is 32.3 Å². The number of hydrogen-bond acceptors (Lipinski definition) is 2. The lowest BCUT2D eigenvalue weighted by Gasteiger charge is -2.19. The molecule has 0 bridgehead atoms. The lowest BCUT2D eigenvalue weighted by atomic mass is 10.2. The van der Waals surface area contributed by atoms with Gasteiger partial charge in [-0.3, -0.25) is 0 Å². The van der Waals surface area contributed by atoms with Crippen LogP contribution >= 0.6 is 0 Å². The maximum absolute atomic E-state index is 13.0. The number of halogens is 1. The maximum atomic E-state index is 13.0. The van der Waals surface area contributed by atoms with Crippen LogP contribution in [0, 0.1) is 11.7 Å². The molecule has 0 unspecified atom stereocenters. The highest BCUT2D eigenvalue weighted by Crippen LogP contribution is 2.39. The first kappa shape index (κ1) is 12.4. The third-order valence-corrected chi connectivity index (χ3v) is 2.94. The summed E-state index contributed by atoms with van der Waals surface area (Å²) in [4.78, 5) is 0. The van der Waals surface area contributed by atoms with Gasteiger partial charge in [-0.15, -0.1) is 0 Å². The van der Waals surface area contributed by atoms with Crippen molar-refractivity contribution in [1.82, 2.24) is 5.32 Å². The molecule has 17 heavy (non-hydrogen) atoms. The van der Waals surface area contributed by atoms with Gasteiger partial charge in [0.05, 0.1) is 0 Å². The van der Waals surface area contributed by atoms with Crippen LogP contribution in [-0.2, 0) is 0 Å². The van der Waals surface area contributed by atoms with Crippen LogP contribution in [0.2, 0.25) is 0 Å². The average Bonchev–Trinajstić information content (AvgIpc) is 2.97. The maximum Gasteiger partial charge on any atom is 0.126 e. The minimum Gasteiger partial charge on any atom is -0.486 e. The summed E-state index contributed by atoms with van der Waals surface area (Å²) in [5, 5.41) is 3.40. The highest BCUT2D eigenvalue weighted by Gasteiger charge is 2.45. The second kappa shape index (κ2) is 5.05. The Hall–Kier alpha value is -1.09. The van der Waals surface area contributed by atoms with Gasteiger partial charge in [0, 0.05) is 12.6 Å². The number of rotatable bonds is 6. The van der Waals surface area contributed by atoms with Gasteiger partial charge in [-0.25, -0.2) is 4.39 Å². The molecule has 1 aliphatic rings. The Balaban J connectivity index is 1.85. The molecule has 2 nitrogen and oxygen atoms in total. The Morgan fingerprint density at radius 1 is 1.41 bits per heavy atom. The van der Waals surface area contributed by atoms with E-state index in [1.165, 1.54) is 12.1 Å². The summed E-state index contributed by atoms with van der Waals surface area (Å²) in [7, 11) is 0. The van der Waals surface area contributed by atoms with Crippen molar-refractivity contribution in [3.63, 3.8) is 0 Å². The van der Waals surface area contributed by atoms with Crippen LogP contribution in [0.5, 0.6) is 5.75 Å². The van der Waals surface area contributed by atoms with Crippen molar-refractivity contribution >= 4 is 0 Å². The molecule has 1 aromatic rings. The van der Waals surface area contributed by atoms with E-state index in [0.717, 1.165) is 25.9 Å². The molecular formula is C14H20FNO. The third-order valence-electron chi connectivity index (χ3n) is 2.94. The highest BCUT2D eigenvalue weighted by molar-refractivity contribution is 5.24. The van der Waals surface area contributed by atoms with E-state index in [1.54, 1.807) is 6.07 Å². The molecule has 3 heteroatoms. The molecule has 1 N–H and O–H groups in total. The van der Waals surface area contributed by atoms with Crippen LogP contribution < -0.4 is 10.1 Å². The number of ether oxygens (including phenoxy) is 1. The molecule has 0 amide bonds. The largest absolute Gasteiger partial charge is 0.486 e. The molecule has 1 saturated carbocycles. The lowest BCUT2D eigenvalue weighted by molar-refractivity contribution is 0.173. The van der Waals surface area contributed by atoms with Gasteiger partial charge < -0.3 is 10.1 Å². The molecule has 0 heterocycles. The zero-order valence-electron chi connectivity index (χ0n) is 10.5. The Morgan fingerprint density at radius 2 is 2.18 bits per heavy atom. The molecule has 94 valence electrons. The van der Waals surface area contributed by atoms with E-state index >= 15 is 0 Å². The molecule has 1 aromatic carbocycles. The standard InChI is InChI=1S/C14H20FNO/c1-11(2)9-16-10-14(6-7-14)17-13-5-3-4-12(15)8-13/h3-5,8,11,16H,6-7,9-10H2,1-2H3. The van der Waals surface area contributed by atoms with E-state index in [1.807, 2.05) is 6.07 Å². The molecule has 1 fully saturated rings. The highest BCUT2D eigenvalue weighted by atomic mass is 19.1. The fourth-order valence-electron chi connectivity index (χ4n) is 1.82. The molecule has 0 atom stereocenters. The van der Waals surface area contributed by atoms with Crippen molar-refractivity contribution < 1.29 is 9.13 Å². The van der Waals surface area contributed by atoms with E-state index < -0.39 is 0 Å². The lowest BCUT2D eigenvalue weighted by Crippen LogP contribution is -2.35. The van der Waals surface area contributed by atoms with Crippen LogP contribution in [0.3, 0.4) is 0 Å². The Kier molecular flexibility index (Phi) is 3.67. The fourth-order valence-corrected chi connectivity index (χ4v) is 1.82. The van der Waals surface area contributed by atoms with Crippen LogP contribution in [0.25, 0.3) is 0 Å². The van der Waals surface area contributed by atoms with Crippen LogP contribution in [0.1, 0.15) is 26.7 Å². The van der Waals surface area contributed by atoms with Gasteiger partial charge in [0.15, 0.2) is 0 Å². The van der Waals surface area contributed by atoms with E-state index in [4.69, 9.17) is 4.74 Å². The normalized spacial score (nSPS) is 17.2. The quantitative estimate of drug-likeness (QED) is 0.821. The van der Waals surface area contributed by atoms with Crippen molar-refractivity contribution in [3.05, 3.63) is 30.1 Å². The second-order valence-electron chi connectivity index (χ2n) is 5.27. The first-order valence-electron chi connectivity index (χ1n) is 6.25. The first-order valence-corrected chi connectivity index (χ1v) is 6.25. The van der Waals surface area contributed by atoms with Crippen molar-refractivity contribution in [2.75, 3.05) is 13.1 Å². The van der Waals surface area contributed by atoms with Gasteiger partial charge in [-0.05, 0) is 37.4 Å². The van der Waals surface area contributed by atoms with Gasteiger partial charge in [0.25, 0.3) is 0 Å². The van der Waals surface area contributed by atoms with Gasteiger partial charge in [0.1, 0.15) is 17.2 Å². The Morgan fingerprint density at radius 3 is 2.76 bits per heavy atom. The van der Waals surface area contributed by atoms with Gasteiger partial charge in [-0.2, -0.15) is 0 Å². The second-order valence-corrected chi connectivity index (χ2v) is 5.27. The zero-order chi connectivity index (χ0) is 12.3. The molecule has 2 rings (SSSR count). The predicted molar refractivity (Wildman–Crippen MR) is 66.7 cm³/mol. The third kappa shape index (κ3) is 3.70. The topological polar surface area (TPSA) is 21.3 Å². The summed E-state index contributed by atoms with van der Waals surface area (Å²) < 4.78 is 18.9. The fraction of sp³-hybridized carbons (Fsp3) is 0.571. The SMILES string of the molecule is CC(C)CNCC1(Oc2cccc(F)c2)CC1. The number of nitrogens with one attached hydrogen (secondary N) is 1. The first-order chi connectivity index (χ1) is 8.10. The van der Waals surface area contributed by atoms with Crippen LogP contribution in [-0.4, -0.2) is 18.7 Å². The monoisotopic (exact) mass is 237 g/mol. The summed E-state index contributed by atoms with van der Waals surface area (Å²) in [5.74, 6) is 1.03. The predicted octanol–water partition coefficient (Wildman–Crippen LogP) is 2.98. The van der Waals surface area contributed by atoms with Gasteiger partial charge in [-0.1, -0.05) is 19.9 Å². The van der Waals surface area contributed by atoms with E-state index in [9.17, 15) is 4.39 Å². The van der Waals surface area contributed by atoms with E-state index in [2.05, 4.69) is 19.2 Å². The number of benzene rings is 1. The van der Waals surface area contributed by atoms with E-state index in [0.29, 0.717) is 11.7 Å². The Labute approximate surface area is 102 Å². The van der Waals surface area contributed by atoms with Crippen LogP contribution in [0.4, 0.5) is 4.39 Å². The molecule has 1 aliphatic carbocycles. The summed E-state index contributed by atoms with van der Waals surface area (Å²) >= 11 is 0. The van der Waals surface area contributed by atoms with E-state index in [-0.39, 0.29) is 11.4 Å². The smallest absolute Gasteiger partial charge is 0.126 e. The summed E-state index contributed by atoms with van der Waals surface area (Å²) in [6.45, 7) is 6.20. The van der Waals surface area contributed by atoms with Gasteiger partial charge in [0.2, 0.25) is 0 Å². The van der Waals surface area contributed by atoms with Crippen molar-refractivity contribution in [2.24, 2.45) is 5.92 Å². The van der Waals surface area contributed by atoms with Crippen molar-refractivity contribution in [3.8, 4) is 5.75 Å². The molecule has 0 aromatic heterocycles. The van der Waals surface area contributed by atoms with Gasteiger partial charge >= 0.3 is 0 Å². The molecule has 0 saturated heterocycles. The summed E-state index contributed by atoms with van der Waals surface area (Å²) in [6, 6.07) is 6.37. The van der Waals surface area contributed by atoms with Crippen LogP contribution in [0.15, 0.2) is 24.3 Å². The zero-order valence-corrected chi connectivity index (χ0v) is 10.5. The minimum absolute atomic E-state index is 0.0946. The molecule has 0 aliphatic heterocycles. The summed E-state index contributed by atoms with van der Waals surface area (Å²) in [5.41, 5.74) is -0.0946. The molecule has 0 radical (unpaired) electrons. The average molecular weight is 237 g/mol. The minimum atomic E-state index is -0.242.